The van der Waals surface area contributed by atoms with Crippen LogP contribution >= 0.6 is 0 Å². The normalized spacial score (nSPS) is 25.3. The average Bonchev–Trinajstić information content (AvgIpc) is 3.33. The van der Waals surface area contributed by atoms with Crippen LogP contribution in [-0.2, 0) is 45.5 Å². The lowest BCUT2D eigenvalue weighted by Crippen LogP contribution is -2.71. The molecule has 16 heteroatoms. The smallest absolute Gasteiger partial charge is 0.446 e. The summed E-state index contributed by atoms with van der Waals surface area (Å²) in [4.78, 5) is 57.6. The zero-order valence-electron chi connectivity index (χ0n) is 24.6. The fourth-order valence-corrected chi connectivity index (χ4v) is 6.14. The standard InChI is InChI=1S/C27H33NO11.C2HF3O.CH4/c1-14-4-5-16(13-29)23-22(14)26-10-11-28(3)15(2)27(26,36)9-8-17(24(26)39-23)37-20(32)6-7-21(33)38-18(25(34)35)12-19(30)31;3-2(4,5)1-6;/h4-5,8,15,18,24,29,36H,6-7,9-13H2,1-3H3,(H,30,31)(H,34,35);1H;1H4/t15-,18+,24+,26+,27-;;/m1../s1. The lowest BCUT2D eigenvalue weighted by molar-refractivity contribution is -0.168. The number of aryl methyl sites for hydroxylation is 1. The summed E-state index contributed by atoms with van der Waals surface area (Å²) in [6.07, 6.45) is -8.04. The molecule has 1 fully saturated rings. The average molecular weight is 662 g/mol. The number of ether oxygens (including phenoxy) is 3. The number of carboxylic acid groups (broad SMARTS) is 2. The number of aldehydes is 1. The van der Waals surface area contributed by atoms with Crippen molar-refractivity contribution in [3.63, 3.8) is 0 Å². The molecule has 4 rings (SSSR count). The quantitative estimate of drug-likeness (QED) is 0.223. The highest BCUT2D eigenvalue weighted by Crippen LogP contribution is 2.61. The molecule has 5 atom stereocenters. The second-order valence-electron chi connectivity index (χ2n) is 11.1. The van der Waals surface area contributed by atoms with E-state index in [-0.39, 0.29) is 32.3 Å². The van der Waals surface area contributed by atoms with Gasteiger partial charge in [0.2, 0.25) is 12.4 Å². The lowest BCUT2D eigenvalue weighted by atomic mass is 9.54. The van der Waals surface area contributed by atoms with Crippen molar-refractivity contribution in [1.82, 2.24) is 4.90 Å². The topological polar surface area (TPSA) is 197 Å². The third-order valence-corrected chi connectivity index (χ3v) is 8.41. The van der Waals surface area contributed by atoms with Crippen LogP contribution in [0, 0.1) is 6.92 Å². The molecule has 0 aromatic heterocycles. The number of benzene rings is 1. The summed E-state index contributed by atoms with van der Waals surface area (Å²) < 4.78 is 48.0. The molecular formula is C30H38F3NO12. The number of aliphatic carboxylic acids is 2. The van der Waals surface area contributed by atoms with Gasteiger partial charge in [-0.2, -0.15) is 13.2 Å². The molecule has 256 valence electrons. The maximum atomic E-state index is 12.8. The largest absolute Gasteiger partial charge is 0.481 e. The number of carbonyl (C=O) groups excluding carboxylic acids is 3. The Kier molecular flexibility index (Phi) is 12.1. The highest BCUT2D eigenvalue weighted by atomic mass is 19.4. The van der Waals surface area contributed by atoms with E-state index in [2.05, 4.69) is 4.90 Å². The van der Waals surface area contributed by atoms with Crippen LogP contribution in [0.4, 0.5) is 13.2 Å². The van der Waals surface area contributed by atoms with Crippen LogP contribution in [0.1, 0.15) is 63.1 Å². The number of likely N-dealkylation sites (N-methyl/N-ethyl adjacent to an activating group) is 1. The van der Waals surface area contributed by atoms with E-state index in [0.29, 0.717) is 24.3 Å². The maximum Gasteiger partial charge on any atom is 0.446 e. The summed E-state index contributed by atoms with van der Waals surface area (Å²) in [7, 11) is 1.93. The predicted octanol–water partition coefficient (Wildman–Crippen LogP) is 2.41. The molecular weight excluding hydrogens is 623 g/mol. The van der Waals surface area contributed by atoms with E-state index in [0.717, 1.165) is 11.1 Å². The molecule has 1 spiro atoms. The number of fused-ring (bicyclic) bond motifs is 1. The van der Waals surface area contributed by atoms with Crippen LogP contribution < -0.4 is 4.74 Å². The summed E-state index contributed by atoms with van der Waals surface area (Å²) in [5, 5.41) is 40.0. The fraction of sp³-hybridized carbons (Fsp3) is 0.567. The number of carbonyl (C=O) groups is 5. The zero-order chi connectivity index (χ0) is 33.9. The highest BCUT2D eigenvalue weighted by Gasteiger charge is 2.69. The van der Waals surface area contributed by atoms with E-state index in [1.807, 2.05) is 27.0 Å². The van der Waals surface area contributed by atoms with E-state index >= 15 is 0 Å². The molecule has 3 aliphatic rings. The molecule has 0 saturated carbocycles. The second-order valence-corrected chi connectivity index (χ2v) is 11.1. The van der Waals surface area contributed by atoms with Gasteiger partial charge in [-0.1, -0.05) is 19.6 Å². The number of nitrogens with zero attached hydrogens (tertiary/aromatic N) is 1. The minimum absolute atomic E-state index is 0. The van der Waals surface area contributed by atoms with Gasteiger partial charge < -0.3 is 39.5 Å². The number of halogens is 3. The SMILES string of the molecule is C.Cc1ccc(CO)c2c1[C@]13CCN(C)[C@H](C)[C@]1(O)CC=C(OC(=O)CCC(=O)O[C@@H](CC(=O)O)C(=O)O)[C@@H]3O2.O=CC(F)(F)F. The number of aliphatic hydroxyl groups excluding tert-OH is 1. The van der Waals surface area contributed by atoms with Crippen LogP contribution in [-0.4, -0.2) is 99.1 Å². The Labute approximate surface area is 262 Å². The minimum Gasteiger partial charge on any atom is -0.481 e. The number of rotatable bonds is 9. The second kappa shape index (κ2) is 14.6. The summed E-state index contributed by atoms with van der Waals surface area (Å²) in [5.41, 5.74) is -0.0199. The van der Waals surface area contributed by atoms with Crippen LogP contribution in [0.2, 0.25) is 0 Å². The van der Waals surface area contributed by atoms with Gasteiger partial charge in [-0.3, -0.25) is 19.2 Å². The Morgan fingerprint density at radius 3 is 2.33 bits per heavy atom. The molecule has 1 saturated heterocycles. The molecule has 1 aromatic carbocycles. The monoisotopic (exact) mass is 661 g/mol. The van der Waals surface area contributed by atoms with Gasteiger partial charge in [0.05, 0.1) is 36.9 Å². The number of aliphatic hydroxyl groups is 2. The first-order valence-electron chi connectivity index (χ1n) is 13.8. The van der Waals surface area contributed by atoms with Gasteiger partial charge in [0, 0.05) is 23.6 Å². The molecule has 0 amide bonds. The van der Waals surface area contributed by atoms with Gasteiger partial charge >= 0.3 is 30.1 Å². The number of likely N-dealkylation sites (tertiary alicyclic amines) is 1. The number of hydrogen-bond acceptors (Lipinski definition) is 11. The molecule has 2 aliphatic heterocycles. The summed E-state index contributed by atoms with van der Waals surface area (Å²) in [6, 6.07) is 3.37. The van der Waals surface area contributed by atoms with Crippen molar-refractivity contribution in [3.05, 3.63) is 40.7 Å². The van der Waals surface area contributed by atoms with Gasteiger partial charge in [0.25, 0.3) is 0 Å². The Morgan fingerprint density at radius 2 is 1.78 bits per heavy atom. The first-order chi connectivity index (χ1) is 20.9. The third kappa shape index (κ3) is 7.50. The Hall–Kier alpha value is -4.02. The van der Waals surface area contributed by atoms with Gasteiger partial charge in [-0.25, -0.2) is 4.79 Å². The van der Waals surface area contributed by atoms with E-state index in [4.69, 9.17) is 29.2 Å². The molecule has 4 N–H and O–H groups in total. The Bertz CT molecular complexity index is 1380. The summed E-state index contributed by atoms with van der Waals surface area (Å²) >= 11 is 0. The molecule has 2 heterocycles. The Morgan fingerprint density at radius 1 is 1.17 bits per heavy atom. The molecule has 0 bridgehead atoms. The number of carboxylic acids is 2. The van der Waals surface area contributed by atoms with Crippen molar-refractivity contribution in [2.45, 2.75) is 95.4 Å². The minimum atomic E-state index is -4.64. The van der Waals surface area contributed by atoms with Gasteiger partial charge in [0.15, 0.2) is 6.10 Å². The third-order valence-electron chi connectivity index (χ3n) is 8.41. The van der Waals surface area contributed by atoms with Crippen molar-refractivity contribution in [1.29, 1.82) is 0 Å². The molecule has 46 heavy (non-hydrogen) atoms. The van der Waals surface area contributed by atoms with Crippen LogP contribution in [0.25, 0.3) is 0 Å². The van der Waals surface area contributed by atoms with Crippen molar-refractivity contribution >= 4 is 30.2 Å². The number of alkyl halides is 3. The van der Waals surface area contributed by atoms with E-state index in [1.165, 1.54) is 0 Å². The number of esters is 2. The summed E-state index contributed by atoms with van der Waals surface area (Å²) in [6.45, 7) is 4.21. The zero-order valence-corrected chi connectivity index (χ0v) is 24.6. The van der Waals surface area contributed by atoms with Crippen LogP contribution in [0.3, 0.4) is 0 Å². The molecule has 0 radical (unpaired) electrons. The van der Waals surface area contributed by atoms with Crippen molar-refractivity contribution in [3.8, 4) is 5.75 Å². The number of hydrogen-bond donors (Lipinski definition) is 4. The highest BCUT2D eigenvalue weighted by molar-refractivity contribution is 5.84. The van der Waals surface area contributed by atoms with Crippen molar-refractivity contribution in [2.24, 2.45) is 0 Å². The van der Waals surface area contributed by atoms with Gasteiger partial charge in [0.1, 0.15) is 11.5 Å². The maximum absolute atomic E-state index is 12.8. The van der Waals surface area contributed by atoms with Crippen LogP contribution in [0.15, 0.2) is 24.0 Å². The number of piperidine rings is 1. The molecule has 0 unspecified atom stereocenters. The first kappa shape index (κ1) is 38.2. The van der Waals surface area contributed by atoms with Crippen molar-refractivity contribution < 1.29 is 71.8 Å². The van der Waals surface area contributed by atoms with Crippen LogP contribution in [0.5, 0.6) is 5.75 Å². The van der Waals surface area contributed by atoms with E-state index < -0.39 is 78.8 Å². The van der Waals surface area contributed by atoms with E-state index in [9.17, 15) is 42.6 Å². The molecule has 13 nitrogen and oxygen atoms in total. The molecule has 1 aromatic rings. The molecule has 1 aliphatic carbocycles. The summed E-state index contributed by atoms with van der Waals surface area (Å²) in [5.74, 6) is -4.27. The van der Waals surface area contributed by atoms with Gasteiger partial charge in [-0.05, 0) is 45.5 Å². The fourth-order valence-electron chi connectivity index (χ4n) is 6.14. The Balaban J connectivity index is 0.000000960. The van der Waals surface area contributed by atoms with E-state index in [1.54, 1.807) is 12.1 Å². The van der Waals surface area contributed by atoms with Gasteiger partial charge in [-0.15, -0.1) is 0 Å². The first-order valence-corrected chi connectivity index (χ1v) is 13.8. The lowest BCUT2D eigenvalue weighted by Gasteiger charge is -2.58. The van der Waals surface area contributed by atoms with Crippen molar-refractivity contribution in [2.75, 3.05) is 13.6 Å². The predicted molar refractivity (Wildman–Crippen MR) is 151 cm³/mol.